The number of hydrogen-bond donors (Lipinski definition) is 1. The van der Waals surface area contributed by atoms with E-state index in [9.17, 15) is 9.59 Å². The van der Waals surface area contributed by atoms with Gasteiger partial charge in [0.25, 0.3) is 5.91 Å². The van der Waals surface area contributed by atoms with Gasteiger partial charge in [0, 0.05) is 31.9 Å². The molecule has 0 aromatic heterocycles. The van der Waals surface area contributed by atoms with Crippen LogP contribution in [0.25, 0.3) is 6.08 Å². The molecule has 2 aromatic rings. The summed E-state index contributed by atoms with van der Waals surface area (Å²) < 4.78 is 5.12. The second-order valence-corrected chi connectivity index (χ2v) is 7.88. The topological polar surface area (TPSA) is 82.4 Å². The molecule has 1 amide bonds. The predicted molar refractivity (Wildman–Crippen MR) is 118 cm³/mol. The molecule has 0 aliphatic carbocycles. The minimum Gasteiger partial charge on any atom is -0.482 e. The Hall–Kier alpha value is -3.26. The second kappa shape index (κ2) is 9.04. The first-order valence-corrected chi connectivity index (χ1v) is 10.4. The number of amides is 1. The predicted octanol–water partition coefficient (Wildman–Crippen LogP) is 2.94. The highest BCUT2D eigenvalue weighted by molar-refractivity contribution is 8.18. The maximum atomic E-state index is 12.4. The van der Waals surface area contributed by atoms with E-state index in [-0.39, 0.29) is 12.5 Å². The van der Waals surface area contributed by atoms with Crippen LogP contribution >= 0.6 is 11.8 Å². The zero-order chi connectivity index (χ0) is 20.9. The lowest BCUT2D eigenvalue weighted by molar-refractivity contribution is -0.139. The van der Waals surface area contributed by atoms with Gasteiger partial charge in [0.2, 0.25) is 0 Å². The van der Waals surface area contributed by atoms with Gasteiger partial charge in [0.1, 0.15) is 5.75 Å². The molecule has 2 aliphatic rings. The molecule has 154 valence electrons. The quantitative estimate of drug-likeness (QED) is 0.741. The number of rotatable bonds is 5. The zero-order valence-electron chi connectivity index (χ0n) is 16.2. The molecule has 2 heterocycles. The van der Waals surface area contributed by atoms with Gasteiger partial charge in [-0.25, -0.2) is 4.79 Å². The maximum absolute atomic E-state index is 12.4. The van der Waals surface area contributed by atoms with Crippen LogP contribution in [0.15, 0.2) is 64.5 Å². The molecule has 0 atom stereocenters. The minimum atomic E-state index is -1.02. The number of aliphatic carboxylic acids is 1. The number of carboxylic acids is 1. The zero-order valence-corrected chi connectivity index (χ0v) is 17.0. The molecule has 8 heteroatoms. The number of carboxylic acid groups (broad SMARTS) is 1. The molecule has 30 heavy (non-hydrogen) atoms. The van der Waals surface area contributed by atoms with Crippen LogP contribution in [-0.2, 0) is 9.59 Å². The molecular formula is C22H21N3O4S. The van der Waals surface area contributed by atoms with Crippen molar-refractivity contribution in [3.8, 4) is 5.75 Å². The molecule has 1 saturated heterocycles. The molecule has 0 bridgehead atoms. The number of para-hydroxylation sites is 1. The average molecular weight is 423 g/mol. The number of piperazine rings is 1. The first-order chi connectivity index (χ1) is 14.6. The van der Waals surface area contributed by atoms with Gasteiger partial charge in [0.05, 0.1) is 4.91 Å². The molecule has 2 aliphatic heterocycles. The Morgan fingerprint density at radius 1 is 1.03 bits per heavy atom. The highest BCUT2D eigenvalue weighted by Gasteiger charge is 2.28. The fourth-order valence-corrected chi connectivity index (χ4v) is 4.25. The smallest absolute Gasteiger partial charge is 0.341 e. The van der Waals surface area contributed by atoms with Crippen LogP contribution in [-0.4, -0.2) is 59.8 Å². The first-order valence-electron chi connectivity index (χ1n) is 9.61. The van der Waals surface area contributed by atoms with Crippen LogP contribution < -0.4 is 9.64 Å². The van der Waals surface area contributed by atoms with Gasteiger partial charge >= 0.3 is 5.97 Å². The number of amidine groups is 1. The van der Waals surface area contributed by atoms with Crippen molar-refractivity contribution < 1.29 is 19.4 Å². The van der Waals surface area contributed by atoms with Crippen molar-refractivity contribution in [3.05, 3.63) is 65.1 Å². The van der Waals surface area contributed by atoms with Gasteiger partial charge in [-0.1, -0.05) is 30.3 Å². The Morgan fingerprint density at radius 2 is 1.70 bits per heavy atom. The largest absolute Gasteiger partial charge is 0.482 e. The van der Waals surface area contributed by atoms with E-state index in [0.29, 0.717) is 10.7 Å². The molecule has 0 spiro atoms. The minimum absolute atomic E-state index is 0.230. The van der Waals surface area contributed by atoms with Crippen molar-refractivity contribution in [1.29, 1.82) is 0 Å². The van der Waals surface area contributed by atoms with E-state index in [1.54, 1.807) is 30.3 Å². The molecule has 1 fully saturated rings. The fourth-order valence-electron chi connectivity index (χ4n) is 3.28. The lowest BCUT2D eigenvalue weighted by Crippen LogP contribution is -2.47. The Kier molecular flexibility index (Phi) is 6.04. The molecule has 0 saturated carbocycles. The third-order valence-corrected chi connectivity index (χ3v) is 5.87. The third kappa shape index (κ3) is 4.83. The lowest BCUT2D eigenvalue weighted by Gasteiger charge is -2.36. The molecule has 0 radical (unpaired) electrons. The van der Waals surface area contributed by atoms with E-state index >= 15 is 0 Å². The first kappa shape index (κ1) is 20.0. The number of carbonyl (C=O) groups is 2. The number of aliphatic imine (C=N–C) groups is 1. The van der Waals surface area contributed by atoms with E-state index < -0.39 is 5.97 Å². The number of benzene rings is 2. The number of hydrogen-bond acceptors (Lipinski definition) is 6. The van der Waals surface area contributed by atoms with Crippen LogP contribution in [0.1, 0.15) is 5.56 Å². The average Bonchev–Trinajstić information content (AvgIpc) is 3.14. The molecule has 7 nitrogen and oxygen atoms in total. The van der Waals surface area contributed by atoms with Crippen LogP contribution in [0, 0.1) is 0 Å². The summed E-state index contributed by atoms with van der Waals surface area (Å²) in [5.41, 5.74) is 2.05. The summed E-state index contributed by atoms with van der Waals surface area (Å²) in [7, 11) is 0. The van der Waals surface area contributed by atoms with Gasteiger partial charge in [-0.3, -0.25) is 4.79 Å². The van der Waals surface area contributed by atoms with Crippen molar-refractivity contribution in [2.45, 2.75) is 0 Å². The van der Waals surface area contributed by atoms with Crippen LogP contribution in [0.3, 0.4) is 0 Å². The highest BCUT2D eigenvalue weighted by Crippen LogP contribution is 2.31. The van der Waals surface area contributed by atoms with E-state index in [1.165, 1.54) is 17.4 Å². The Bertz CT molecular complexity index is 981. The number of anilines is 1. The summed E-state index contributed by atoms with van der Waals surface area (Å²) in [5.74, 6) is -0.784. The van der Waals surface area contributed by atoms with E-state index in [0.717, 1.165) is 36.9 Å². The van der Waals surface area contributed by atoms with Crippen LogP contribution in [0.5, 0.6) is 5.75 Å². The van der Waals surface area contributed by atoms with E-state index in [2.05, 4.69) is 26.9 Å². The second-order valence-electron chi connectivity index (χ2n) is 6.87. The molecule has 0 unspecified atom stereocenters. The van der Waals surface area contributed by atoms with Crippen LogP contribution in [0.4, 0.5) is 5.69 Å². The summed E-state index contributed by atoms with van der Waals surface area (Å²) in [4.78, 5) is 32.2. The number of thioether (sulfide) groups is 1. The molecule has 4 rings (SSSR count). The monoisotopic (exact) mass is 423 g/mol. The van der Waals surface area contributed by atoms with E-state index in [1.807, 2.05) is 18.2 Å². The normalized spacial score (nSPS) is 17.9. The molecular weight excluding hydrogens is 402 g/mol. The Labute approximate surface area is 178 Å². The maximum Gasteiger partial charge on any atom is 0.341 e. The highest BCUT2D eigenvalue weighted by atomic mass is 32.2. The van der Waals surface area contributed by atoms with Gasteiger partial charge in [-0.2, -0.15) is 4.99 Å². The molecule has 2 aromatic carbocycles. The summed E-state index contributed by atoms with van der Waals surface area (Å²) in [6.07, 6.45) is 1.80. The van der Waals surface area contributed by atoms with Gasteiger partial charge in [-0.05, 0) is 47.7 Å². The van der Waals surface area contributed by atoms with Crippen molar-refractivity contribution in [1.82, 2.24) is 4.90 Å². The third-order valence-electron chi connectivity index (χ3n) is 4.82. The Balaban J connectivity index is 1.35. The molecule has 1 N–H and O–H groups in total. The summed E-state index contributed by atoms with van der Waals surface area (Å²) in [5, 5.41) is 9.41. The number of ether oxygens (including phenoxy) is 1. The van der Waals surface area contributed by atoms with E-state index in [4.69, 9.17) is 9.84 Å². The summed E-state index contributed by atoms with van der Waals surface area (Å²) in [6.45, 7) is 3.01. The number of carbonyl (C=O) groups excluding carboxylic acids is 1. The van der Waals surface area contributed by atoms with Crippen molar-refractivity contribution in [2.75, 3.05) is 37.7 Å². The summed E-state index contributed by atoms with van der Waals surface area (Å²) in [6, 6.07) is 17.3. The van der Waals surface area contributed by atoms with Gasteiger partial charge in [-0.15, -0.1) is 0 Å². The lowest BCUT2D eigenvalue weighted by atomic mass is 10.2. The van der Waals surface area contributed by atoms with Crippen molar-refractivity contribution in [3.63, 3.8) is 0 Å². The fraction of sp³-hybridized carbons (Fsp3) is 0.227. The SMILES string of the molecule is O=C(O)COc1ccc(C=C2SC(N3CCN(c4ccccc4)CC3)=NC2=O)cc1. The van der Waals surface area contributed by atoms with Gasteiger partial charge < -0.3 is 19.6 Å². The van der Waals surface area contributed by atoms with Gasteiger partial charge in [0.15, 0.2) is 11.8 Å². The standard InChI is InChI=1S/C22H21N3O4S/c26-20(27)15-29-18-8-6-16(7-9-18)14-19-21(28)23-22(30-19)25-12-10-24(11-13-25)17-4-2-1-3-5-17/h1-9,14H,10-13,15H2,(H,26,27). The summed E-state index contributed by atoms with van der Waals surface area (Å²) >= 11 is 1.40. The van der Waals surface area contributed by atoms with Crippen LogP contribution in [0.2, 0.25) is 0 Å². The Morgan fingerprint density at radius 3 is 2.37 bits per heavy atom. The van der Waals surface area contributed by atoms with Crippen molar-refractivity contribution >= 4 is 40.6 Å². The van der Waals surface area contributed by atoms with Crippen molar-refractivity contribution in [2.24, 2.45) is 4.99 Å². The number of nitrogens with zero attached hydrogens (tertiary/aromatic N) is 3.